The number of fused-ring (bicyclic) bond motifs is 1. The molecule has 3 heterocycles. The molecule has 1 atom stereocenters. The summed E-state index contributed by atoms with van der Waals surface area (Å²) in [5.41, 5.74) is -1.12. The normalized spacial score (nSPS) is 21.0. The van der Waals surface area contributed by atoms with Crippen molar-refractivity contribution in [3.63, 3.8) is 0 Å². The Balaban J connectivity index is 1.53. The zero-order valence-electron chi connectivity index (χ0n) is 17.9. The van der Waals surface area contributed by atoms with E-state index in [9.17, 15) is 14.0 Å². The molecule has 1 aromatic heterocycles. The van der Waals surface area contributed by atoms with E-state index in [2.05, 4.69) is 4.98 Å². The van der Waals surface area contributed by atoms with Crippen LogP contribution in [0.5, 0.6) is 5.75 Å². The lowest BCUT2D eigenvalue weighted by molar-refractivity contribution is -0.156. The van der Waals surface area contributed by atoms with Gasteiger partial charge in [0.25, 0.3) is 17.4 Å². The van der Waals surface area contributed by atoms with Crippen LogP contribution in [0.1, 0.15) is 26.7 Å². The molecule has 1 aromatic carbocycles. The Morgan fingerprint density at radius 3 is 2.61 bits per heavy atom. The van der Waals surface area contributed by atoms with Crippen LogP contribution in [0.25, 0.3) is 0 Å². The number of aromatic nitrogens is 1. The van der Waals surface area contributed by atoms with Gasteiger partial charge in [-0.2, -0.15) is 0 Å². The molecular weight excluding hydrogens is 399 g/mol. The summed E-state index contributed by atoms with van der Waals surface area (Å²) in [5, 5.41) is 0. The highest BCUT2D eigenvalue weighted by Crippen LogP contribution is 2.37. The summed E-state index contributed by atoms with van der Waals surface area (Å²) in [7, 11) is 0. The first-order valence-electron chi connectivity index (χ1n) is 10.7. The van der Waals surface area contributed by atoms with E-state index in [0.717, 1.165) is 12.8 Å². The number of carbonyl (C=O) groups excluding carboxylic acids is 2. The molecule has 0 saturated carbocycles. The van der Waals surface area contributed by atoms with Crippen LogP contribution in [0.15, 0.2) is 42.6 Å². The van der Waals surface area contributed by atoms with E-state index in [1.165, 1.54) is 13.0 Å². The van der Waals surface area contributed by atoms with E-state index in [1.54, 1.807) is 46.3 Å². The maximum absolute atomic E-state index is 14.1. The van der Waals surface area contributed by atoms with Crippen LogP contribution in [-0.4, -0.2) is 60.0 Å². The van der Waals surface area contributed by atoms with Gasteiger partial charge < -0.3 is 14.5 Å². The zero-order chi connectivity index (χ0) is 22.0. The minimum absolute atomic E-state index is 0.282. The fourth-order valence-corrected chi connectivity index (χ4v) is 4.10. The third kappa shape index (κ3) is 3.82. The Hall–Kier alpha value is -3.16. The van der Waals surface area contributed by atoms with E-state index in [4.69, 9.17) is 4.74 Å². The number of para-hydroxylation sites is 1. The molecule has 4 rings (SSSR count). The van der Waals surface area contributed by atoms with Gasteiger partial charge in [0, 0.05) is 38.9 Å². The average molecular weight is 426 g/mol. The number of carbonyl (C=O) groups is 2. The second kappa shape index (κ2) is 8.53. The molecule has 0 unspecified atom stereocenters. The number of anilines is 2. The number of piperazine rings is 1. The molecule has 7 nitrogen and oxygen atoms in total. The molecule has 2 amide bonds. The van der Waals surface area contributed by atoms with Crippen molar-refractivity contribution >= 4 is 23.3 Å². The van der Waals surface area contributed by atoms with Crippen LogP contribution in [-0.2, 0) is 9.59 Å². The standard InChI is InChI=1S/C23H27FN4O3/c1-3-4-12-28-20-19(10-7-11-25-20)31-23(2,22(28)30)21(29)27-15-13-26(14-16-27)18-9-6-5-8-17(18)24/h5-11H,3-4,12-16H2,1-2H3/t23-/m1/s1. The van der Waals surface area contributed by atoms with Crippen LogP contribution in [0.4, 0.5) is 15.9 Å². The number of hydrogen-bond donors (Lipinski definition) is 0. The number of rotatable bonds is 5. The highest BCUT2D eigenvalue weighted by Gasteiger charge is 2.53. The Bertz CT molecular complexity index is 977. The van der Waals surface area contributed by atoms with E-state index < -0.39 is 11.5 Å². The summed E-state index contributed by atoms with van der Waals surface area (Å²) >= 11 is 0. The third-order valence-electron chi connectivity index (χ3n) is 5.88. The Morgan fingerprint density at radius 2 is 1.90 bits per heavy atom. The molecule has 1 fully saturated rings. The van der Waals surface area contributed by atoms with Gasteiger partial charge in [-0.1, -0.05) is 25.5 Å². The fraction of sp³-hybridized carbons (Fsp3) is 0.435. The lowest BCUT2D eigenvalue weighted by atomic mass is 9.99. The summed E-state index contributed by atoms with van der Waals surface area (Å²) in [4.78, 5) is 36.3. The van der Waals surface area contributed by atoms with Crippen molar-refractivity contribution in [2.24, 2.45) is 0 Å². The molecule has 2 aliphatic heterocycles. The molecule has 2 aromatic rings. The van der Waals surface area contributed by atoms with Crippen LogP contribution >= 0.6 is 0 Å². The Morgan fingerprint density at radius 1 is 1.16 bits per heavy atom. The van der Waals surface area contributed by atoms with Crippen molar-refractivity contribution in [3.05, 3.63) is 48.4 Å². The number of nitrogens with zero attached hydrogens (tertiary/aromatic N) is 4. The van der Waals surface area contributed by atoms with Gasteiger partial charge in [-0.3, -0.25) is 14.5 Å². The van der Waals surface area contributed by atoms with E-state index in [1.807, 2.05) is 11.8 Å². The van der Waals surface area contributed by atoms with Gasteiger partial charge in [0.2, 0.25) is 0 Å². The molecule has 1 saturated heterocycles. The number of unbranched alkanes of at least 4 members (excludes halogenated alkanes) is 1. The average Bonchev–Trinajstić information content (AvgIpc) is 2.79. The first kappa shape index (κ1) is 21.1. The Kier molecular flexibility index (Phi) is 5.80. The SMILES string of the molecule is CCCCN1C(=O)[C@@](C)(C(=O)N2CCN(c3ccccc3F)CC2)Oc2cccnc21. The van der Waals surface area contributed by atoms with Crippen molar-refractivity contribution in [1.82, 2.24) is 9.88 Å². The number of ether oxygens (including phenoxy) is 1. The topological polar surface area (TPSA) is 66.0 Å². The maximum Gasteiger partial charge on any atom is 0.282 e. The molecule has 0 N–H and O–H groups in total. The second-order valence-corrected chi connectivity index (χ2v) is 8.00. The van der Waals surface area contributed by atoms with Gasteiger partial charge in [0.15, 0.2) is 11.6 Å². The van der Waals surface area contributed by atoms with Gasteiger partial charge in [-0.15, -0.1) is 0 Å². The first-order valence-corrected chi connectivity index (χ1v) is 10.7. The van der Waals surface area contributed by atoms with Gasteiger partial charge in [-0.25, -0.2) is 9.37 Å². The van der Waals surface area contributed by atoms with Crippen LogP contribution in [0, 0.1) is 5.82 Å². The molecular formula is C23H27FN4O3. The number of pyridine rings is 1. The van der Waals surface area contributed by atoms with Gasteiger partial charge in [0.1, 0.15) is 5.82 Å². The predicted molar refractivity (Wildman–Crippen MR) is 116 cm³/mol. The second-order valence-electron chi connectivity index (χ2n) is 8.00. The van der Waals surface area contributed by atoms with Gasteiger partial charge in [0.05, 0.1) is 5.69 Å². The minimum Gasteiger partial charge on any atom is -0.464 e. The molecule has 8 heteroatoms. The summed E-state index contributed by atoms with van der Waals surface area (Å²) in [5.74, 6) is -0.166. The van der Waals surface area contributed by atoms with Crippen LogP contribution in [0.2, 0.25) is 0 Å². The third-order valence-corrected chi connectivity index (χ3v) is 5.88. The van der Waals surface area contributed by atoms with Gasteiger partial charge >= 0.3 is 0 Å². The van der Waals surface area contributed by atoms with Gasteiger partial charge in [-0.05, 0) is 37.6 Å². The number of hydrogen-bond acceptors (Lipinski definition) is 5. The zero-order valence-corrected chi connectivity index (χ0v) is 17.9. The summed E-state index contributed by atoms with van der Waals surface area (Å²) in [6, 6.07) is 10.1. The molecule has 0 radical (unpaired) electrons. The van der Waals surface area contributed by atoms with E-state index >= 15 is 0 Å². The maximum atomic E-state index is 14.1. The van der Waals surface area contributed by atoms with Crippen molar-refractivity contribution < 1.29 is 18.7 Å². The fourth-order valence-electron chi connectivity index (χ4n) is 4.10. The predicted octanol–water partition coefficient (Wildman–Crippen LogP) is 2.85. The summed E-state index contributed by atoms with van der Waals surface area (Å²) in [6.07, 6.45) is 3.32. The lowest BCUT2D eigenvalue weighted by Crippen LogP contribution is -2.65. The highest BCUT2D eigenvalue weighted by molar-refractivity contribution is 6.16. The summed E-state index contributed by atoms with van der Waals surface area (Å²) in [6.45, 7) is 5.79. The monoisotopic (exact) mass is 426 g/mol. The minimum atomic E-state index is -1.65. The largest absolute Gasteiger partial charge is 0.464 e. The first-order chi connectivity index (χ1) is 15.0. The molecule has 0 bridgehead atoms. The Labute approximate surface area is 181 Å². The molecule has 31 heavy (non-hydrogen) atoms. The van der Waals surface area contributed by atoms with Crippen molar-refractivity contribution in [2.45, 2.75) is 32.3 Å². The number of amides is 2. The van der Waals surface area contributed by atoms with E-state index in [-0.39, 0.29) is 11.7 Å². The van der Waals surface area contributed by atoms with Crippen LogP contribution < -0.4 is 14.5 Å². The molecule has 2 aliphatic rings. The summed E-state index contributed by atoms with van der Waals surface area (Å²) < 4.78 is 20.1. The van der Waals surface area contributed by atoms with E-state index in [0.29, 0.717) is 50.0 Å². The molecule has 0 aliphatic carbocycles. The molecule has 0 spiro atoms. The lowest BCUT2D eigenvalue weighted by Gasteiger charge is -2.43. The van der Waals surface area contributed by atoms with Crippen molar-refractivity contribution in [2.75, 3.05) is 42.5 Å². The van der Waals surface area contributed by atoms with Crippen LogP contribution in [0.3, 0.4) is 0 Å². The quantitative estimate of drug-likeness (QED) is 0.688. The smallest absolute Gasteiger partial charge is 0.282 e. The number of benzene rings is 1. The van der Waals surface area contributed by atoms with Crippen molar-refractivity contribution in [1.29, 1.82) is 0 Å². The molecule has 164 valence electrons. The van der Waals surface area contributed by atoms with Crippen molar-refractivity contribution in [3.8, 4) is 5.75 Å². The number of halogens is 1. The highest BCUT2D eigenvalue weighted by atomic mass is 19.1.